The molecule has 0 amide bonds. The van der Waals surface area contributed by atoms with Crippen LogP contribution in [-0.4, -0.2) is 21.5 Å². The van der Waals surface area contributed by atoms with E-state index in [2.05, 4.69) is 10.0 Å². The van der Waals surface area contributed by atoms with Gasteiger partial charge in [-0.3, -0.25) is 0 Å². The smallest absolute Gasteiger partial charge is 0.242 e. The first-order valence-electron chi connectivity index (χ1n) is 6.98. The van der Waals surface area contributed by atoms with E-state index in [1.165, 1.54) is 0 Å². The summed E-state index contributed by atoms with van der Waals surface area (Å²) in [4.78, 5) is 0.276. The zero-order valence-corrected chi connectivity index (χ0v) is 12.8. The summed E-state index contributed by atoms with van der Waals surface area (Å²) in [5.74, 6) is 0.868. The first-order chi connectivity index (χ1) is 10.1. The average Bonchev–Trinajstić information content (AvgIpc) is 2.99. The lowest BCUT2D eigenvalue weighted by molar-refractivity contribution is 0.513. The van der Waals surface area contributed by atoms with Crippen LogP contribution < -0.4 is 10.0 Å². The Balaban J connectivity index is 2.06. The summed E-state index contributed by atoms with van der Waals surface area (Å²) in [6.45, 7) is 2.97. The Morgan fingerprint density at radius 3 is 2.62 bits per heavy atom. The number of hydrogen-bond donors (Lipinski definition) is 2. The van der Waals surface area contributed by atoms with Gasteiger partial charge in [0.05, 0.1) is 12.0 Å². The second-order valence-electron chi connectivity index (χ2n) is 4.65. The highest BCUT2D eigenvalue weighted by Gasteiger charge is 2.17. The van der Waals surface area contributed by atoms with Crippen LogP contribution in [0.1, 0.15) is 19.1 Å². The van der Waals surface area contributed by atoms with Crippen molar-refractivity contribution in [1.82, 2.24) is 4.72 Å². The zero-order valence-electron chi connectivity index (χ0n) is 12.0. The van der Waals surface area contributed by atoms with Gasteiger partial charge in [-0.05, 0) is 30.7 Å². The maximum atomic E-state index is 12.2. The van der Waals surface area contributed by atoms with E-state index in [1.54, 1.807) is 24.5 Å². The van der Waals surface area contributed by atoms with Crippen LogP contribution in [0.3, 0.4) is 0 Å². The highest BCUT2D eigenvalue weighted by molar-refractivity contribution is 7.89. The van der Waals surface area contributed by atoms with Gasteiger partial charge in [-0.1, -0.05) is 19.1 Å². The molecule has 0 radical (unpaired) electrons. The molecule has 2 rings (SSSR count). The van der Waals surface area contributed by atoms with Crippen molar-refractivity contribution >= 4 is 15.7 Å². The summed E-state index contributed by atoms with van der Waals surface area (Å²) >= 11 is 0. The molecule has 0 aliphatic rings. The van der Waals surface area contributed by atoms with Crippen molar-refractivity contribution in [1.29, 1.82) is 0 Å². The fraction of sp³-hybridized carbons (Fsp3) is 0.333. The van der Waals surface area contributed by atoms with Gasteiger partial charge >= 0.3 is 0 Å². The summed E-state index contributed by atoms with van der Waals surface area (Å²) in [7, 11) is -3.47. The predicted molar refractivity (Wildman–Crippen MR) is 82.8 cm³/mol. The van der Waals surface area contributed by atoms with Crippen LogP contribution >= 0.6 is 0 Å². The molecule has 5 nitrogen and oxygen atoms in total. The van der Waals surface area contributed by atoms with Gasteiger partial charge in [-0.15, -0.1) is 0 Å². The molecule has 0 aliphatic heterocycles. The molecule has 6 heteroatoms. The molecule has 0 saturated carbocycles. The van der Waals surface area contributed by atoms with Crippen LogP contribution in [-0.2, 0) is 16.4 Å². The molecule has 1 heterocycles. The Labute approximate surface area is 125 Å². The second kappa shape index (κ2) is 7.28. The minimum absolute atomic E-state index is 0.276. The van der Waals surface area contributed by atoms with Gasteiger partial charge < -0.3 is 9.73 Å². The van der Waals surface area contributed by atoms with Crippen LogP contribution in [0.15, 0.2) is 52.0 Å². The summed E-state index contributed by atoms with van der Waals surface area (Å²) in [5, 5.41) is 3.15. The van der Waals surface area contributed by atoms with Gasteiger partial charge in [0.1, 0.15) is 10.7 Å². The van der Waals surface area contributed by atoms with Gasteiger partial charge in [0, 0.05) is 19.5 Å². The number of benzene rings is 1. The molecule has 0 unspecified atom stereocenters. The summed E-state index contributed by atoms with van der Waals surface area (Å²) in [5.41, 5.74) is 0.604. The van der Waals surface area contributed by atoms with Crippen molar-refractivity contribution in [3.8, 4) is 0 Å². The van der Waals surface area contributed by atoms with Crippen LogP contribution in [0.4, 0.5) is 5.69 Å². The van der Waals surface area contributed by atoms with Gasteiger partial charge in [0.2, 0.25) is 10.0 Å². The third-order valence-corrected chi connectivity index (χ3v) is 4.50. The predicted octanol–water partition coefficient (Wildman–Crippen LogP) is 2.62. The van der Waals surface area contributed by atoms with Crippen molar-refractivity contribution in [3.63, 3.8) is 0 Å². The lowest BCUT2D eigenvalue weighted by atomic mass is 10.3. The van der Waals surface area contributed by atoms with Crippen molar-refractivity contribution < 1.29 is 12.8 Å². The third kappa shape index (κ3) is 4.34. The topological polar surface area (TPSA) is 71.3 Å². The van der Waals surface area contributed by atoms with Gasteiger partial charge in [0.25, 0.3) is 0 Å². The molecule has 21 heavy (non-hydrogen) atoms. The molecular weight excluding hydrogens is 288 g/mol. The minimum Gasteiger partial charge on any atom is -0.469 e. The van der Waals surface area contributed by atoms with E-state index in [0.717, 1.165) is 12.2 Å². The molecule has 0 fully saturated rings. The maximum absolute atomic E-state index is 12.2. The standard InChI is InChI=1S/C15H20N2O3S/c1-2-10-17-21(18,19)15-8-4-3-7-14(15)16-11-9-13-6-5-12-20-13/h3-8,12,16-17H,2,9-11H2,1H3. The fourth-order valence-electron chi connectivity index (χ4n) is 1.94. The number of nitrogens with one attached hydrogen (secondary N) is 2. The van der Waals surface area contributed by atoms with Crippen molar-refractivity contribution in [2.75, 3.05) is 18.4 Å². The fourth-order valence-corrected chi connectivity index (χ4v) is 3.25. The molecule has 1 aromatic carbocycles. The SMILES string of the molecule is CCCNS(=O)(=O)c1ccccc1NCCc1ccco1. The molecular formula is C15H20N2O3S. The molecule has 2 N–H and O–H groups in total. The van der Waals surface area contributed by atoms with Crippen LogP contribution in [0.2, 0.25) is 0 Å². The zero-order chi connectivity index (χ0) is 15.1. The number of sulfonamides is 1. The first-order valence-corrected chi connectivity index (χ1v) is 8.47. The van der Waals surface area contributed by atoms with Crippen molar-refractivity contribution in [2.24, 2.45) is 0 Å². The van der Waals surface area contributed by atoms with E-state index < -0.39 is 10.0 Å². The molecule has 2 aromatic rings. The maximum Gasteiger partial charge on any atom is 0.242 e. The van der Waals surface area contributed by atoms with Gasteiger partial charge in [-0.2, -0.15) is 0 Å². The lowest BCUT2D eigenvalue weighted by Crippen LogP contribution is -2.25. The molecule has 0 spiro atoms. The van der Waals surface area contributed by atoms with Gasteiger partial charge in [-0.25, -0.2) is 13.1 Å². The Morgan fingerprint density at radius 1 is 1.10 bits per heavy atom. The number of rotatable bonds is 8. The van der Waals surface area contributed by atoms with Crippen molar-refractivity contribution in [2.45, 2.75) is 24.7 Å². The van der Waals surface area contributed by atoms with E-state index in [-0.39, 0.29) is 4.90 Å². The van der Waals surface area contributed by atoms with E-state index in [1.807, 2.05) is 25.1 Å². The molecule has 1 aromatic heterocycles. The van der Waals surface area contributed by atoms with E-state index >= 15 is 0 Å². The van der Waals surface area contributed by atoms with E-state index in [0.29, 0.717) is 25.2 Å². The van der Waals surface area contributed by atoms with Crippen LogP contribution in [0.5, 0.6) is 0 Å². The Kier molecular flexibility index (Phi) is 5.41. The van der Waals surface area contributed by atoms with Crippen LogP contribution in [0.25, 0.3) is 0 Å². The number of anilines is 1. The minimum atomic E-state index is -3.47. The number of para-hydroxylation sites is 1. The second-order valence-corrected chi connectivity index (χ2v) is 6.39. The Bertz CT molecular complexity index is 651. The molecule has 114 valence electrons. The van der Waals surface area contributed by atoms with E-state index in [4.69, 9.17) is 4.42 Å². The summed E-state index contributed by atoms with van der Waals surface area (Å²) < 4.78 is 32.3. The highest BCUT2D eigenvalue weighted by Crippen LogP contribution is 2.20. The first kappa shape index (κ1) is 15.6. The number of furan rings is 1. The normalized spacial score (nSPS) is 11.5. The average molecular weight is 308 g/mol. The molecule has 0 bridgehead atoms. The Hall–Kier alpha value is -1.79. The monoisotopic (exact) mass is 308 g/mol. The third-order valence-electron chi connectivity index (χ3n) is 2.99. The quantitative estimate of drug-likeness (QED) is 0.786. The highest BCUT2D eigenvalue weighted by atomic mass is 32.2. The van der Waals surface area contributed by atoms with Crippen molar-refractivity contribution in [3.05, 3.63) is 48.4 Å². The molecule has 0 saturated heterocycles. The van der Waals surface area contributed by atoms with Gasteiger partial charge in [0.15, 0.2) is 0 Å². The summed E-state index contributed by atoms with van der Waals surface area (Å²) in [6.07, 6.45) is 3.08. The van der Waals surface area contributed by atoms with E-state index in [9.17, 15) is 8.42 Å². The molecule has 0 aliphatic carbocycles. The van der Waals surface area contributed by atoms with Crippen LogP contribution in [0, 0.1) is 0 Å². The summed E-state index contributed by atoms with van der Waals surface area (Å²) in [6, 6.07) is 10.6. The number of hydrogen-bond acceptors (Lipinski definition) is 4. The molecule has 0 atom stereocenters. The Morgan fingerprint density at radius 2 is 1.90 bits per heavy atom. The largest absolute Gasteiger partial charge is 0.469 e. The lowest BCUT2D eigenvalue weighted by Gasteiger charge is -2.12.